The van der Waals surface area contributed by atoms with Crippen molar-refractivity contribution in [3.8, 4) is 5.75 Å². The number of hydrogen-bond donors (Lipinski definition) is 2. The summed E-state index contributed by atoms with van der Waals surface area (Å²) in [5, 5.41) is 2.91. The van der Waals surface area contributed by atoms with Crippen LogP contribution in [0.15, 0.2) is 53.4 Å². The summed E-state index contributed by atoms with van der Waals surface area (Å²) < 4.78 is 33.0. The summed E-state index contributed by atoms with van der Waals surface area (Å²) in [5.74, 6) is 0.131. The highest BCUT2D eigenvalue weighted by Crippen LogP contribution is 2.26. The lowest BCUT2D eigenvalue weighted by molar-refractivity contribution is 0.0934. The molecule has 0 bridgehead atoms. The van der Waals surface area contributed by atoms with E-state index in [0.29, 0.717) is 17.0 Å². The molecule has 0 unspecified atom stereocenters. The summed E-state index contributed by atoms with van der Waals surface area (Å²) in [6, 6.07) is 12.8. The van der Waals surface area contributed by atoms with Crippen molar-refractivity contribution in [2.24, 2.45) is 0 Å². The number of methoxy groups -OCH3 is 1. The van der Waals surface area contributed by atoms with E-state index in [1.165, 1.54) is 19.2 Å². The minimum Gasteiger partial charge on any atom is -0.495 e. The van der Waals surface area contributed by atoms with Crippen molar-refractivity contribution in [3.63, 3.8) is 0 Å². The molecule has 1 amide bonds. The van der Waals surface area contributed by atoms with Crippen LogP contribution in [0.4, 0.5) is 5.69 Å². The number of ether oxygens (including phenoxy) is 1. The Bertz CT molecular complexity index is 861. The first-order valence-electron chi connectivity index (χ1n) is 8.48. The molecule has 2 aromatic carbocycles. The van der Waals surface area contributed by atoms with Gasteiger partial charge in [0, 0.05) is 11.6 Å². The van der Waals surface area contributed by atoms with Crippen LogP contribution in [0.25, 0.3) is 0 Å². The third kappa shape index (κ3) is 4.76. The van der Waals surface area contributed by atoms with Gasteiger partial charge in [0.25, 0.3) is 15.9 Å². The van der Waals surface area contributed by atoms with Gasteiger partial charge in [0.1, 0.15) is 5.75 Å². The Labute approximate surface area is 154 Å². The maximum absolute atomic E-state index is 12.7. The molecule has 2 aromatic rings. The number of benzene rings is 2. The van der Waals surface area contributed by atoms with Gasteiger partial charge >= 0.3 is 0 Å². The number of amides is 1. The van der Waals surface area contributed by atoms with Crippen molar-refractivity contribution in [2.45, 2.75) is 37.6 Å². The highest BCUT2D eigenvalue weighted by molar-refractivity contribution is 7.92. The minimum absolute atomic E-state index is 0.0144. The van der Waals surface area contributed by atoms with Crippen LogP contribution in [0.1, 0.15) is 37.0 Å². The van der Waals surface area contributed by atoms with Crippen molar-refractivity contribution in [1.29, 1.82) is 0 Å². The van der Waals surface area contributed by atoms with Crippen LogP contribution in [0, 0.1) is 0 Å². The molecule has 0 saturated heterocycles. The van der Waals surface area contributed by atoms with Crippen LogP contribution in [0.3, 0.4) is 0 Å². The quantitative estimate of drug-likeness (QED) is 0.739. The van der Waals surface area contributed by atoms with E-state index in [0.717, 1.165) is 12.8 Å². The Kier molecular flexibility index (Phi) is 6.63. The van der Waals surface area contributed by atoms with Crippen LogP contribution >= 0.6 is 0 Å². The molecule has 0 aromatic heterocycles. The monoisotopic (exact) mass is 376 g/mol. The summed E-state index contributed by atoms with van der Waals surface area (Å²) in [6.07, 6.45) is 1.63. The zero-order chi connectivity index (χ0) is 19.2. The van der Waals surface area contributed by atoms with Gasteiger partial charge in [0.15, 0.2) is 0 Å². The molecule has 0 heterocycles. The number of nitrogens with one attached hydrogen (secondary N) is 2. The van der Waals surface area contributed by atoms with Crippen LogP contribution in [0.5, 0.6) is 5.75 Å². The Hall–Kier alpha value is -2.54. The van der Waals surface area contributed by atoms with E-state index >= 15 is 0 Å². The maximum atomic E-state index is 12.7. The third-order valence-corrected chi connectivity index (χ3v) is 5.44. The molecule has 140 valence electrons. The zero-order valence-electron chi connectivity index (χ0n) is 15.2. The first-order valence-corrected chi connectivity index (χ1v) is 9.96. The van der Waals surface area contributed by atoms with E-state index in [-0.39, 0.29) is 16.8 Å². The van der Waals surface area contributed by atoms with E-state index in [1.807, 2.05) is 13.8 Å². The molecule has 0 spiro atoms. The molecular weight excluding hydrogens is 352 g/mol. The molecule has 0 aliphatic heterocycles. The molecule has 0 aliphatic rings. The predicted molar refractivity (Wildman–Crippen MR) is 102 cm³/mol. The van der Waals surface area contributed by atoms with Gasteiger partial charge in [-0.2, -0.15) is 0 Å². The number of carbonyl (C=O) groups excluding carboxylic acids is 1. The molecule has 6 nitrogen and oxygen atoms in total. The molecule has 7 heteroatoms. The van der Waals surface area contributed by atoms with Gasteiger partial charge < -0.3 is 10.1 Å². The summed E-state index contributed by atoms with van der Waals surface area (Å²) in [6.45, 7) is 3.99. The standard InChI is InChI=1S/C19H24N2O4S/c1-4-15(5-2)20-19(22)14-9-8-10-16(13-14)26(23,24)21-17-11-6-7-12-18(17)25-3/h6-13,15,21H,4-5H2,1-3H3,(H,20,22). The van der Waals surface area contributed by atoms with Gasteiger partial charge in [-0.15, -0.1) is 0 Å². The van der Waals surface area contributed by atoms with Gasteiger partial charge in [-0.1, -0.05) is 32.0 Å². The second-order valence-electron chi connectivity index (χ2n) is 5.82. The normalized spacial score (nSPS) is 11.2. The number of rotatable bonds is 8. The lowest BCUT2D eigenvalue weighted by Gasteiger charge is -2.15. The van der Waals surface area contributed by atoms with Crippen molar-refractivity contribution < 1.29 is 17.9 Å². The van der Waals surface area contributed by atoms with E-state index in [9.17, 15) is 13.2 Å². The Morgan fingerprint density at radius 3 is 2.42 bits per heavy atom. The van der Waals surface area contributed by atoms with Gasteiger partial charge in [-0.05, 0) is 43.2 Å². The Balaban J connectivity index is 2.26. The van der Waals surface area contributed by atoms with Crippen LogP contribution in [0.2, 0.25) is 0 Å². The lowest BCUT2D eigenvalue weighted by atomic mass is 10.1. The first-order chi connectivity index (χ1) is 12.4. The largest absolute Gasteiger partial charge is 0.495 e. The van der Waals surface area contributed by atoms with Gasteiger partial charge in [0.2, 0.25) is 0 Å². The van der Waals surface area contributed by atoms with Crippen LogP contribution in [-0.2, 0) is 10.0 Å². The van der Waals surface area contributed by atoms with E-state index in [2.05, 4.69) is 10.0 Å². The average Bonchev–Trinajstić information content (AvgIpc) is 2.66. The molecule has 0 atom stereocenters. The molecule has 2 N–H and O–H groups in total. The average molecular weight is 376 g/mol. The molecule has 0 saturated carbocycles. The van der Waals surface area contributed by atoms with Crippen molar-refractivity contribution >= 4 is 21.6 Å². The van der Waals surface area contributed by atoms with Crippen LogP contribution in [-0.4, -0.2) is 27.5 Å². The lowest BCUT2D eigenvalue weighted by Crippen LogP contribution is -2.33. The van der Waals surface area contributed by atoms with Gasteiger partial charge in [-0.25, -0.2) is 8.42 Å². The van der Waals surface area contributed by atoms with Gasteiger partial charge in [-0.3, -0.25) is 9.52 Å². The fourth-order valence-electron chi connectivity index (χ4n) is 2.50. The molecule has 0 fully saturated rings. The fraction of sp³-hybridized carbons (Fsp3) is 0.316. The van der Waals surface area contributed by atoms with Crippen LogP contribution < -0.4 is 14.8 Å². The number of anilines is 1. The number of hydrogen-bond acceptors (Lipinski definition) is 4. The van der Waals surface area contributed by atoms with E-state index in [4.69, 9.17) is 4.74 Å². The molecule has 0 radical (unpaired) electrons. The second kappa shape index (κ2) is 8.71. The SMILES string of the molecule is CCC(CC)NC(=O)c1cccc(S(=O)(=O)Nc2ccccc2OC)c1. The summed E-state index contributed by atoms with van der Waals surface area (Å²) in [7, 11) is -2.38. The predicted octanol–water partition coefficient (Wildman–Crippen LogP) is 3.41. The zero-order valence-corrected chi connectivity index (χ0v) is 16.0. The highest BCUT2D eigenvalue weighted by Gasteiger charge is 2.19. The fourth-order valence-corrected chi connectivity index (χ4v) is 3.61. The molecule has 0 aliphatic carbocycles. The summed E-state index contributed by atoms with van der Waals surface area (Å²) in [5.41, 5.74) is 0.640. The Morgan fingerprint density at radius 2 is 1.77 bits per heavy atom. The maximum Gasteiger partial charge on any atom is 0.262 e. The molecular formula is C19H24N2O4S. The van der Waals surface area contributed by atoms with E-state index < -0.39 is 10.0 Å². The summed E-state index contributed by atoms with van der Waals surface area (Å²) >= 11 is 0. The minimum atomic E-state index is -3.85. The number of sulfonamides is 1. The van der Waals surface area contributed by atoms with Crippen molar-refractivity contribution in [2.75, 3.05) is 11.8 Å². The Morgan fingerprint density at radius 1 is 1.08 bits per heavy atom. The number of para-hydroxylation sites is 2. The first kappa shape index (κ1) is 19.8. The van der Waals surface area contributed by atoms with Crippen molar-refractivity contribution in [3.05, 3.63) is 54.1 Å². The highest BCUT2D eigenvalue weighted by atomic mass is 32.2. The molecule has 26 heavy (non-hydrogen) atoms. The molecule has 2 rings (SSSR count). The van der Waals surface area contributed by atoms with Crippen molar-refractivity contribution in [1.82, 2.24) is 5.32 Å². The summed E-state index contributed by atoms with van der Waals surface area (Å²) in [4.78, 5) is 12.4. The smallest absolute Gasteiger partial charge is 0.262 e. The third-order valence-electron chi connectivity index (χ3n) is 4.08. The number of carbonyl (C=O) groups is 1. The van der Waals surface area contributed by atoms with Gasteiger partial charge in [0.05, 0.1) is 17.7 Å². The van der Waals surface area contributed by atoms with E-state index in [1.54, 1.807) is 36.4 Å². The topological polar surface area (TPSA) is 84.5 Å². The second-order valence-corrected chi connectivity index (χ2v) is 7.50.